The third-order valence-corrected chi connectivity index (χ3v) is 3.60. The summed E-state index contributed by atoms with van der Waals surface area (Å²) in [6.45, 7) is 0. The quantitative estimate of drug-likeness (QED) is 0.351. The SMILES string of the molecule is C#CCC(O)(c1c(F)c(F)c(F)c(F)c1F)c1c(F)c(F)c(F)c(F)c1F. The molecule has 27 heavy (non-hydrogen) atoms. The molecule has 0 heterocycles. The minimum atomic E-state index is -3.98. The fourth-order valence-electron chi connectivity index (χ4n) is 2.39. The molecule has 0 aliphatic rings. The van der Waals surface area contributed by atoms with E-state index in [2.05, 4.69) is 0 Å². The highest BCUT2D eigenvalue weighted by atomic mass is 19.2. The van der Waals surface area contributed by atoms with Crippen molar-refractivity contribution in [3.63, 3.8) is 0 Å². The van der Waals surface area contributed by atoms with Gasteiger partial charge in [-0.05, 0) is 0 Å². The first-order valence-electron chi connectivity index (χ1n) is 6.61. The predicted molar refractivity (Wildman–Crippen MR) is 68.9 cm³/mol. The molecule has 0 aromatic heterocycles. The van der Waals surface area contributed by atoms with Gasteiger partial charge in [-0.1, -0.05) is 0 Å². The van der Waals surface area contributed by atoms with Gasteiger partial charge in [0.2, 0.25) is 11.6 Å². The average molecular weight is 402 g/mol. The van der Waals surface area contributed by atoms with Gasteiger partial charge in [0, 0.05) is 6.42 Å². The van der Waals surface area contributed by atoms with Gasteiger partial charge >= 0.3 is 0 Å². The van der Waals surface area contributed by atoms with Crippen LogP contribution in [0.1, 0.15) is 17.5 Å². The first-order chi connectivity index (χ1) is 12.4. The molecule has 0 saturated heterocycles. The van der Waals surface area contributed by atoms with Crippen molar-refractivity contribution in [2.75, 3.05) is 0 Å². The lowest BCUT2D eigenvalue weighted by Gasteiger charge is -2.29. The van der Waals surface area contributed by atoms with E-state index < -0.39 is 81.3 Å². The van der Waals surface area contributed by atoms with Crippen molar-refractivity contribution in [1.29, 1.82) is 0 Å². The second-order valence-electron chi connectivity index (χ2n) is 5.13. The summed E-state index contributed by atoms with van der Waals surface area (Å²) in [5.41, 5.74) is -8.54. The van der Waals surface area contributed by atoms with Crippen molar-refractivity contribution >= 4 is 0 Å². The summed E-state index contributed by atoms with van der Waals surface area (Å²) in [6, 6.07) is 0. The molecule has 0 radical (unpaired) electrons. The number of aliphatic hydroxyl groups is 1. The number of terminal acetylenes is 1. The van der Waals surface area contributed by atoms with E-state index in [1.165, 1.54) is 5.92 Å². The van der Waals surface area contributed by atoms with E-state index in [9.17, 15) is 49.0 Å². The number of halogens is 10. The van der Waals surface area contributed by atoms with E-state index in [1.54, 1.807) is 0 Å². The molecule has 2 rings (SSSR count). The molecule has 1 nitrogen and oxygen atoms in total. The summed E-state index contributed by atoms with van der Waals surface area (Å²) >= 11 is 0. The van der Waals surface area contributed by atoms with Crippen molar-refractivity contribution in [3.05, 3.63) is 69.3 Å². The number of hydrogen-bond donors (Lipinski definition) is 1. The van der Waals surface area contributed by atoms with E-state index >= 15 is 0 Å². The monoisotopic (exact) mass is 402 g/mol. The second kappa shape index (κ2) is 6.77. The van der Waals surface area contributed by atoms with E-state index in [1.807, 2.05) is 0 Å². The van der Waals surface area contributed by atoms with Gasteiger partial charge in [0.15, 0.2) is 46.5 Å². The smallest absolute Gasteiger partial charge is 0.200 e. The van der Waals surface area contributed by atoms with Crippen LogP contribution in [0.4, 0.5) is 43.9 Å². The van der Waals surface area contributed by atoms with Crippen LogP contribution in [-0.2, 0) is 5.60 Å². The average Bonchev–Trinajstić information content (AvgIpc) is 2.62. The third-order valence-electron chi connectivity index (χ3n) is 3.60. The van der Waals surface area contributed by atoms with Gasteiger partial charge < -0.3 is 5.11 Å². The van der Waals surface area contributed by atoms with Gasteiger partial charge in [0.1, 0.15) is 5.60 Å². The maximum Gasteiger partial charge on any atom is 0.200 e. The number of hydrogen-bond acceptors (Lipinski definition) is 1. The molecular formula is C16H4F10O. The second-order valence-corrected chi connectivity index (χ2v) is 5.13. The lowest BCUT2D eigenvalue weighted by molar-refractivity contribution is 0.0650. The zero-order valence-corrected chi connectivity index (χ0v) is 12.5. The molecule has 0 spiro atoms. The van der Waals surface area contributed by atoms with Gasteiger partial charge in [-0.2, -0.15) is 0 Å². The summed E-state index contributed by atoms with van der Waals surface area (Å²) in [4.78, 5) is 0. The Balaban J connectivity index is 3.07. The highest BCUT2D eigenvalue weighted by molar-refractivity contribution is 5.42. The Hall–Kier alpha value is -2.74. The minimum Gasteiger partial charge on any atom is -0.379 e. The van der Waals surface area contributed by atoms with Crippen LogP contribution in [-0.4, -0.2) is 5.11 Å². The molecule has 0 aliphatic carbocycles. The van der Waals surface area contributed by atoms with E-state index in [0.29, 0.717) is 0 Å². The molecular weight excluding hydrogens is 398 g/mol. The Morgan fingerprint density at radius 1 is 0.556 bits per heavy atom. The first-order valence-corrected chi connectivity index (χ1v) is 6.61. The highest BCUT2D eigenvalue weighted by Crippen LogP contribution is 2.42. The largest absolute Gasteiger partial charge is 0.379 e. The molecule has 0 unspecified atom stereocenters. The lowest BCUT2D eigenvalue weighted by atomic mass is 9.81. The molecule has 144 valence electrons. The van der Waals surface area contributed by atoms with Crippen molar-refractivity contribution in [3.8, 4) is 12.3 Å². The minimum absolute atomic E-state index is 1.43. The summed E-state index contributed by atoms with van der Waals surface area (Å²) in [5, 5.41) is 10.3. The van der Waals surface area contributed by atoms with Crippen LogP contribution < -0.4 is 0 Å². The molecule has 2 aromatic carbocycles. The van der Waals surface area contributed by atoms with Crippen LogP contribution in [0.25, 0.3) is 0 Å². The van der Waals surface area contributed by atoms with Gasteiger partial charge in [0.05, 0.1) is 11.1 Å². The zero-order valence-electron chi connectivity index (χ0n) is 12.5. The van der Waals surface area contributed by atoms with Crippen LogP contribution in [0.15, 0.2) is 0 Å². The lowest BCUT2D eigenvalue weighted by Crippen LogP contribution is -2.34. The standard InChI is InChI=1S/C16H4F10O/c1-2-3-16(27,4-6(17)10(21)14(25)11(22)7(4)18)5-8(19)12(23)15(26)13(24)9(5)20/h1,27H,3H2. The van der Waals surface area contributed by atoms with Gasteiger partial charge in [-0.15, -0.1) is 12.3 Å². The molecule has 1 N–H and O–H groups in total. The predicted octanol–water partition coefficient (Wildman–Crippen LogP) is 4.34. The fraction of sp³-hybridized carbons (Fsp3) is 0.125. The molecule has 0 atom stereocenters. The van der Waals surface area contributed by atoms with E-state index in [-0.39, 0.29) is 0 Å². The zero-order chi connectivity index (χ0) is 20.8. The van der Waals surface area contributed by atoms with Crippen molar-refractivity contribution in [2.45, 2.75) is 12.0 Å². The van der Waals surface area contributed by atoms with Crippen LogP contribution in [0.5, 0.6) is 0 Å². The summed E-state index contributed by atoms with van der Waals surface area (Å²) in [5.74, 6) is -25.6. The van der Waals surface area contributed by atoms with E-state index in [0.717, 1.165) is 0 Å². The molecule has 0 fully saturated rings. The van der Waals surface area contributed by atoms with Gasteiger partial charge in [0.25, 0.3) is 0 Å². The molecule has 0 bridgehead atoms. The molecule has 0 amide bonds. The first kappa shape index (κ1) is 20.6. The van der Waals surface area contributed by atoms with Crippen molar-refractivity contribution in [1.82, 2.24) is 0 Å². The van der Waals surface area contributed by atoms with Crippen LogP contribution >= 0.6 is 0 Å². The Morgan fingerprint density at radius 3 is 1.00 bits per heavy atom. The summed E-state index contributed by atoms with van der Waals surface area (Å²) in [7, 11) is 0. The third kappa shape index (κ3) is 2.80. The van der Waals surface area contributed by atoms with Gasteiger partial charge in [-0.3, -0.25) is 0 Å². The number of benzene rings is 2. The topological polar surface area (TPSA) is 20.2 Å². The molecule has 11 heteroatoms. The molecule has 2 aromatic rings. The fourth-order valence-corrected chi connectivity index (χ4v) is 2.39. The maximum absolute atomic E-state index is 14.0. The van der Waals surface area contributed by atoms with Crippen LogP contribution in [0.2, 0.25) is 0 Å². The van der Waals surface area contributed by atoms with Crippen LogP contribution in [0.3, 0.4) is 0 Å². The van der Waals surface area contributed by atoms with Crippen molar-refractivity contribution < 1.29 is 49.0 Å². The molecule has 0 saturated carbocycles. The Kier molecular flexibility index (Phi) is 5.16. The Bertz CT molecular complexity index is 865. The van der Waals surface area contributed by atoms with Crippen molar-refractivity contribution in [2.24, 2.45) is 0 Å². The number of rotatable bonds is 3. The Morgan fingerprint density at radius 2 is 0.778 bits per heavy atom. The Labute approximate surface area is 143 Å². The van der Waals surface area contributed by atoms with E-state index in [4.69, 9.17) is 6.42 Å². The van der Waals surface area contributed by atoms with Crippen LogP contribution in [0, 0.1) is 70.5 Å². The maximum atomic E-state index is 14.0. The highest BCUT2D eigenvalue weighted by Gasteiger charge is 2.46. The van der Waals surface area contributed by atoms with Gasteiger partial charge in [-0.25, -0.2) is 43.9 Å². The normalized spacial score (nSPS) is 11.6. The molecule has 0 aliphatic heterocycles. The summed E-state index contributed by atoms with van der Waals surface area (Å²) in [6.07, 6.45) is 3.17. The summed E-state index contributed by atoms with van der Waals surface area (Å²) < 4.78 is 136.